The van der Waals surface area contributed by atoms with Crippen LogP contribution >= 0.6 is 23.5 Å². The molecule has 4 amide bonds. The van der Waals surface area contributed by atoms with E-state index in [1.54, 1.807) is 7.05 Å². The van der Waals surface area contributed by atoms with E-state index >= 15 is 0 Å². The molecule has 2 unspecified atom stereocenters. The maximum absolute atomic E-state index is 14.0. The number of hydrogen-bond donors (Lipinski definition) is 6. The fourth-order valence-electron chi connectivity index (χ4n) is 5.24. The number of carbonyl (C=O) groups is 4. The number of aromatic nitrogens is 6. The van der Waals surface area contributed by atoms with Crippen molar-refractivity contribution < 1.29 is 69.2 Å². The van der Waals surface area contributed by atoms with Crippen LogP contribution in [0.4, 0.5) is 22.1 Å². The summed E-state index contributed by atoms with van der Waals surface area (Å²) in [5.74, 6) is -3.84. The van der Waals surface area contributed by atoms with Crippen LogP contribution in [0.15, 0.2) is 71.2 Å². The Labute approximate surface area is 318 Å². The number of carboxylic acids is 1. The van der Waals surface area contributed by atoms with Crippen molar-refractivity contribution in [2.75, 3.05) is 21.7 Å². The minimum Gasteiger partial charge on any atom is -0.543 e. The summed E-state index contributed by atoms with van der Waals surface area (Å²) >= 11 is 2.39. The number of phenolic OH excluding ortho intramolecular Hbond substituents is 2. The minimum atomic E-state index is -1.63. The predicted molar refractivity (Wildman–Crippen MR) is 175 cm³/mol. The third kappa shape index (κ3) is 7.66. The number of phenols is 2. The maximum atomic E-state index is 14.0. The monoisotopic (exact) mass is 743 g/mol. The van der Waals surface area contributed by atoms with Crippen molar-refractivity contribution in [3.8, 4) is 17.4 Å². The van der Waals surface area contributed by atoms with Crippen LogP contribution in [0.3, 0.4) is 0 Å². The number of aromatic hydroxyl groups is 3. The number of carbonyl (C=O) groups excluding carboxylic acids is 4. The summed E-state index contributed by atoms with van der Waals surface area (Å²) in [6.07, 6.45) is 1.05. The molecule has 19 nitrogen and oxygen atoms in total. The van der Waals surface area contributed by atoms with Gasteiger partial charge in [-0.05, 0) is 58.0 Å². The van der Waals surface area contributed by atoms with Crippen LogP contribution < -0.4 is 55.9 Å². The molecule has 1 fully saturated rings. The third-order valence-corrected chi connectivity index (χ3v) is 10.0. The molecule has 4 heterocycles. The number of thioether (sulfide) groups is 2. The summed E-state index contributed by atoms with van der Waals surface area (Å²) in [5.41, 5.74) is 6.06. The molecule has 0 aliphatic carbocycles. The Kier molecular flexibility index (Phi) is 11.2. The second-order valence-corrected chi connectivity index (χ2v) is 12.8. The van der Waals surface area contributed by atoms with Crippen LogP contribution in [0.25, 0.3) is 0 Å². The molecule has 6 rings (SSSR count). The van der Waals surface area contributed by atoms with Gasteiger partial charge in [-0.25, -0.2) is 14.5 Å². The molecule has 51 heavy (non-hydrogen) atoms. The van der Waals surface area contributed by atoms with Crippen molar-refractivity contribution in [3.05, 3.63) is 71.6 Å². The van der Waals surface area contributed by atoms with Gasteiger partial charge >= 0.3 is 35.6 Å². The molecule has 2 aromatic carbocycles. The molecular formula is C29H26N11NaO8S2. The van der Waals surface area contributed by atoms with Crippen LogP contribution in [-0.4, -0.2) is 97.1 Å². The Hall–Kier alpha value is -5.09. The minimum absolute atomic E-state index is 0. The molecule has 1 saturated heterocycles. The molecule has 2 aliphatic rings. The number of nitrogens with two attached hydrogens (primary N) is 1. The fraction of sp³-hybridized carbons (Fsp3) is 0.207. The van der Waals surface area contributed by atoms with Crippen molar-refractivity contribution in [2.45, 2.75) is 22.6 Å². The standard InChI is InChI=1S/C29H27N11O8S2.Na/c1-38-29(35-36-37-38)50-12-14-11-49-25-19(24(45)40(25)21(14)26(46)47)33-23(44)20(13-2-6-16(41)7-3-13)39(27(30)48)18-10-31-28(34-22(18)43)32-15-4-8-17(42)9-5-15;/h2-10,19-20,25,41-42H,11-12H2,1H3,(H2,30,48)(H,33,44)(H,46,47)(H2,31,32,34,43);/q;+1/p-1/t19?,20?,25-;/m0./s1. The number of benzene rings is 2. The van der Waals surface area contributed by atoms with E-state index in [-0.39, 0.29) is 75.5 Å². The van der Waals surface area contributed by atoms with Gasteiger partial charge in [-0.15, -0.1) is 16.9 Å². The van der Waals surface area contributed by atoms with E-state index in [0.717, 1.165) is 16.0 Å². The zero-order valence-corrected chi connectivity index (χ0v) is 30.3. The number of anilines is 3. The number of rotatable bonds is 11. The molecule has 0 bridgehead atoms. The summed E-state index contributed by atoms with van der Waals surface area (Å²) in [6, 6.07) is 7.04. The molecule has 258 valence electrons. The summed E-state index contributed by atoms with van der Waals surface area (Å²) in [6.45, 7) is 0. The van der Waals surface area contributed by atoms with Gasteiger partial charge in [-0.1, -0.05) is 23.9 Å². The second kappa shape index (κ2) is 15.4. The van der Waals surface area contributed by atoms with Gasteiger partial charge in [-0.3, -0.25) is 19.4 Å². The summed E-state index contributed by atoms with van der Waals surface area (Å²) < 4.78 is 1.41. The van der Waals surface area contributed by atoms with E-state index < -0.39 is 47.2 Å². The Bertz CT molecular complexity index is 2020. The molecule has 0 radical (unpaired) electrons. The van der Waals surface area contributed by atoms with Crippen molar-refractivity contribution in [2.24, 2.45) is 12.8 Å². The number of amides is 4. The van der Waals surface area contributed by atoms with Gasteiger partial charge in [-0.2, -0.15) is 4.98 Å². The number of tetrazole rings is 1. The zero-order chi connectivity index (χ0) is 35.7. The van der Waals surface area contributed by atoms with Crippen LogP contribution in [0.2, 0.25) is 0 Å². The number of hydrogen-bond acceptors (Lipinski definition) is 16. The average Bonchev–Trinajstić information content (AvgIpc) is 3.50. The van der Waals surface area contributed by atoms with E-state index in [1.165, 1.54) is 76.7 Å². The van der Waals surface area contributed by atoms with E-state index in [2.05, 4.69) is 36.1 Å². The average molecular weight is 744 g/mol. The fourth-order valence-corrected chi connectivity index (χ4v) is 7.57. The quantitative estimate of drug-likeness (QED) is 0.0380. The number of aliphatic carboxylic acids is 1. The van der Waals surface area contributed by atoms with Crippen LogP contribution in [0.1, 0.15) is 11.6 Å². The first-order chi connectivity index (χ1) is 23.9. The summed E-state index contributed by atoms with van der Waals surface area (Å²) in [7, 11) is 1.62. The molecule has 2 aliphatic heterocycles. The Morgan fingerprint density at radius 2 is 1.78 bits per heavy atom. The van der Waals surface area contributed by atoms with E-state index in [9.17, 15) is 39.6 Å². The largest absolute Gasteiger partial charge is 1.00 e. The van der Waals surface area contributed by atoms with Crippen molar-refractivity contribution in [1.29, 1.82) is 0 Å². The molecule has 0 saturated carbocycles. The molecule has 7 N–H and O–H groups in total. The molecular weight excluding hydrogens is 718 g/mol. The molecule has 22 heteroatoms. The number of fused-ring (bicyclic) bond motifs is 1. The third-order valence-electron chi connectivity index (χ3n) is 7.58. The van der Waals surface area contributed by atoms with Crippen LogP contribution in [0, 0.1) is 0 Å². The second-order valence-electron chi connectivity index (χ2n) is 10.8. The number of nitrogens with one attached hydrogen (secondary N) is 2. The van der Waals surface area contributed by atoms with E-state index in [1.807, 2.05) is 0 Å². The van der Waals surface area contributed by atoms with Gasteiger partial charge in [0.15, 0.2) is 0 Å². The SMILES string of the molecule is Cn1nnnc1SCC1=C(C(=O)[O-])N2C(=O)C(NC(=O)C(c3ccc(O)cc3)N(C(N)=O)c3cnc(Nc4ccc(O)cc4)nc3O)[C@@H]2SC1.[Na+]. The first-order valence-electron chi connectivity index (χ1n) is 14.5. The summed E-state index contributed by atoms with van der Waals surface area (Å²) in [4.78, 5) is 62.5. The number of carboxylic acid groups (broad SMARTS) is 1. The smallest absolute Gasteiger partial charge is 0.543 e. The van der Waals surface area contributed by atoms with Gasteiger partial charge in [0.05, 0.1) is 17.9 Å². The Morgan fingerprint density at radius 3 is 2.37 bits per heavy atom. The molecule has 4 aromatic rings. The molecule has 0 spiro atoms. The number of nitrogens with zero attached hydrogens (tertiary/aromatic N) is 8. The van der Waals surface area contributed by atoms with Crippen molar-refractivity contribution >= 4 is 64.7 Å². The number of β-lactam (4-membered cyclic amide) rings is 1. The Balaban J connectivity index is 0.00000504. The zero-order valence-electron chi connectivity index (χ0n) is 26.7. The normalized spacial score (nSPS) is 17.0. The first kappa shape index (κ1) is 37.2. The van der Waals surface area contributed by atoms with Gasteiger partial charge in [0.2, 0.25) is 22.9 Å². The van der Waals surface area contributed by atoms with Crippen molar-refractivity contribution in [1.82, 2.24) is 40.4 Å². The molecule has 3 atom stereocenters. The topological polar surface area (TPSA) is 278 Å². The van der Waals surface area contributed by atoms with Gasteiger partial charge in [0.25, 0.3) is 5.91 Å². The van der Waals surface area contributed by atoms with Crippen LogP contribution in [-0.2, 0) is 21.4 Å². The maximum Gasteiger partial charge on any atom is 1.00 e. The number of urea groups is 1. The number of aryl methyl sites for hydroxylation is 1. The van der Waals surface area contributed by atoms with Gasteiger partial charge in [0, 0.05) is 24.2 Å². The Morgan fingerprint density at radius 1 is 1.12 bits per heavy atom. The van der Waals surface area contributed by atoms with Gasteiger partial charge < -0.3 is 41.6 Å². The van der Waals surface area contributed by atoms with E-state index in [4.69, 9.17) is 5.73 Å². The predicted octanol–water partition coefficient (Wildman–Crippen LogP) is -3.31. The molecule has 2 aromatic heterocycles. The van der Waals surface area contributed by atoms with E-state index in [0.29, 0.717) is 16.4 Å². The number of primary amides is 1. The van der Waals surface area contributed by atoms with Gasteiger partial charge in [0.1, 0.15) is 34.6 Å². The summed E-state index contributed by atoms with van der Waals surface area (Å²) in [5, 5.41) is 58.7. The van der Waals surface area contributed by atoms with Crippen LogP contribution in [0.5, 0.6) is 17.4 Å². The van der Waals surface area contributed by atoms with Crippen molar-refractivity contribution in [3.63, 3.8) is 0 Å². The first-order valence-corrected chi connectivity index (χ1v) is 16.5.